The third-order valence-electron chi connectivity index (χ3n) is 6.29. The number of nitrogens with one attached hydrogen (secondary N) is 2. The van der Waals surface area contributed by atoms with Crippen molar-refractivity contribution in [1.29, 1.82) is 5.26 Å². The molecule has 37 heavy (non-hydrogen) atoms. The monoisotopic (exact) mass is 507 g/mol. The molecule has 1 unspecified atom stereocenters. The average molecular weight is 508 g/mol. The van der Waals surface area contributed by atoms with E-state index in [1.807, 2.05) is 13.0 Å². The summed E-state index contributed by atoms with van der Waals surface area (Å²) in [5.74, 6) is 0.534. The number of urea groups is 1. The molecule has 2 aromatic rings. The second kappa shape index (κ2) is 11.8. The molecule has 194 valence electrons. The summed E-state index contributed by atoms with van der Waals surface area (Å²) in [6.45, 7) is 3.94. The van der Waals surface area contributed by atoms with Crippen LogP contribution in [-0.2, 0) is 27.2 Å². The van der Waals surface area contributed by atoms with Gasteiger partial charge in [-0.2, -0.15) is 5.26 Å². The van der Waals surface area contributed by atoms with Crippen LogP contribution in [0.2, 0.25) is 0 Å². The van der Waals surface area contributed by atoms with Crippen LogP contribution in [0, 0.1) is 11.3 Å². The molecular formula is C25H29N7O5. The van der Waals surface area contributed by atoms with E-state index in [0.29, 0.717) is 68.1 Å². The van der Waals surface area contributed by atoms with Gasteiger partial charge in [-0.1, -0.05) is 0 Å². The SMILES string of the molecule is COCCNc1cc(NC(=O)N2CCCc3cc(CN4C(=O)COCC4C)c(C=O)nc32)ncc1C#N. The number of amides is 3. The van der Waals surface area contributed by atoms with Crippen LogP contribution in [0.4, 0.5) is 22.1 Å². The number of carbonyl (C=O) groups excluding carboxylic acids is 3. The Balaban J connectivity index is 1.55. The number of aryl methyl sites for hydroxylation is 1. The predicted octanol–water partition coefficient (Wildman–Crippen LogP) is 1.95. The molecule has 0 radical (unpaired) electrons. The molecule has 12 heteroatoms. The van der Waals surface area contributed by atoms with Crippen molar-refractivity contribution in [3.05, 3.63) is 40.7 Å². The molecule has 1 atom stereocenters. The molecule has 1 fully saturated rings. The Morgan fingerprint density at radius 2 is 2.24 bits per heavy atom. The number of hydrogen-bond acceptors (Lipinski definition) is 9. The van der Waals surface area contributed by atoms with E-state index in [2.05, 4.69) is 26.7 Å². The zero-order chi connectivity index (χ0) is 26.4. The lowest BCUT2D eigenvalue weighted by Crippen LogP contribution is -2.47. The number of nitriles is 1. The first-order chi connectivity index (χ1) is 17.9. The van der Waals surface area contributed by atoms with Gasteiger partial charge in [0, 0.05) is 44.6 Å². The number of fused-ring (bicyclic) bond motifs is 1. The van der Waals surface area contributed by atoms with Crippen LogP contribution in [0.15, 0.2) is 18.3 Å². The van der Waals surface area contributed by atoms with Gasteiger partial charge in [0.05, 0.1) is 30.5 Å². The van der Waals surface area contributed by atoms with Gasteiger partial charge in [-0.15, -0.1) is 0 Å². The molecule has 4 heterocycles. The van der Waals surface area contributed by atoms with Crippen molar-refractivity contribution in [3.63, 3.8) is 0 Å². The molecule has 4 rings (SSSR count). The normalized spacial score (nSPS) is 17.1. The Morgan fingerprint density at radius 3 is 2.97 bits per heavy atom. The summed E-state index contributed by atoms with van der Waals surface area (Å²) in [6.07, 6.45) is 3.43. The summed E-state index contributed by atoms with van der Waals surface area (Å²) < 4.78 is 10.3. The van der Waals surface area contributed by atoms with Gasteiger partial charge in [-0.05, 0) is 31.4 Å². The summed E-state index contributed by atoms with van der Waals surface area (Å²) in [6, 6.07) is 4.95. The summed E-state index contributed by atoms with van der Waals surface area (Å²) in [7, 11) is 1.58. The predicted molar refractivity (Wildman–Crippen MR) is 134 cm³/mol. The zero-order valence-electron chi connectivity index (χ0n) is 20.8. The van der Waals surface area contributed by atoms with E-state index in [9.17, 15) is 19.6 Å². The molecule has 3 amide bonds. The lowest BCUT2D eigenvalue weighted by molar-refractivity contribution is -0.148. The van der Waals surface area contributed by atoms with Gasteiger partial charge >= 0.3 is 6.03 Å². The van der Waals surface area contributed by atoms with Gasteiger partial charge in [0.2, 0.25) is 5.91 Å². The van der Waals surface area contributed by atoms with E-state index in [1.54, 1.807) is 18.1 Å². The maximum atomic E-state index is 13.2. The number of morpholine rings is 1. The minimum Gasteiger partial charge on any atom is -0.383 e. The minimum atomic E-state index is -0.449. The van der Waals surface area contributed by atoms with E-state index in [0.717, 1.165) is 5.56 Å². The topological polar surface area (TPSA) is 150 Å². The molecule has 2 aromatic heterocycles. The van der Waals surface area contributed by atoms with E-state index in [-0.39, 0.29) is 36.6 Å². The first-order valence-electron chi connectivity index (χ1n) is 12.0. The van der Waals surface area contributed by atoms with Crippen molar-refractivity contribution < 1.29 is 23.9 Å². The fourth-order valence-corrected chi connectivity index (χ4v) is 4.37. The summed E-state index contributed by atoms with van der Waals surface area (Å²) in [5.41, 5.74) is 2.52. The minimum absolute atomic E-state index is 0.0140. The lowest BCUT2D eigenvalue weighted by Gasteiger charge is -2.34. The van der Waals surface area contributed by atoms with Crippen molar-refractivity contribution in [3.8, 4) is 6.07 Å². The first-order valence-corrected chi connectivity index (χ1v) is 12.0. The van der Waals surface area contributed by atoms with Crippen molar-refractivity contribution in [1.82, 2.24) is 14.9 Å². The third kappa shape index (κ3) is 5.84. The highest BCUT2D eigenvalue weighted by molar-refractivity contribution is 6.01. The Hall–Kier alpha value is -4.08. The largest absolute Gasteiger partial charge is 0.383 e. The number of aldehydes is 1. The molecule has 0 saturated carbocycles. The fourth-order valence-electron chi connectivity index (χ4n) is 4.37. The van der Waals surface area contributed by atoms with Gasteiger partial charge in [0.1, 0.15) is 30.0 Å². The highest BCUT2D eigenvalue weighted by Crippen LogP contribution is 2.29. The van der Waals surface area contributed by atoms with Crippen LogP contribution in [0.3, 0.4) is 0 Å². The number of aromatic nitrogens is 2. The second-order valence-corrected chi connectivity index (χ2v) is 8.85. The molecule has 1 saturated heterocycles. The molecule has 0 spiro atoms. The molecular weight excluding hydrogens is 478 g/mol. The van der Waals surface area contributed by atoms with Crippen LogP contribution in [0.25, 0.3) is 0 Å². The Kier molecular flexibility index (Phi) is 8.27. The van der Waals surface area contributed by atoms with E-state index in [1.165, 1.54) is 11.1 Å². The summed E-state index contributed by atoms with van der Waals surface area (Å²) >= 11 is 0. The Morgan fingerprint density at radius 1 is 1.41 bits per heavy atom. The van der Waals surface area contributed by atoms with Crippen molar-refractivity contribution in [2.24, 2.45) is 0 Å². The molecule has 12 nitrogen and oxygen atoms in total. The van der Waals surface area contributed by atoms with Crippen LogP contribution in [-0.4, -0.2) is 79.2 Å². The van der Waals surface area contributed by atoms with Crippen molar-refractivity contribution in [2.45, 2.75) is 32.4 Å². The van der Waals surface area contributed by atoms with Crippen LogP contribution >= 0.6 is 0 Å². The quantitative estimate of drug-likeness (QED) is 0.404. The van der Waals surface area contributed by atoms with Gasteiger partial charge in [0.25, 0.3) is 0 Å². The molecule has 2 aliphatic heterocycles. The third-order valence-corrected chi connectivity index (χ3v) is 6.29. The Labute approximate surface area is 214 Å². The van der Waals surface area contributed by atoms with E-state index < -0.39 is 6.03 Å². The average Bonchev–Trinajstić information content (AvgIpc) is 2.90. The van der Waals surface area contributed by atoms with Crippen LogP contribution < -0.4 is 15.5 Å². The fraction of sp³-hybridized carbons (Fsp3) is 0.440. The Bertz CT molecular complexity index is 1230. The van der Waals surface area contributed by atoms with Crippen LogP contribution in [0.1, 0.15) is 40.5 Å². The van der Waals surface area contributed by atoms with Crippen molar-refractivity contribution in [2.75, 3.05) is 55.6 Å². The smallest absolute Gasteiger partial charge is 0.328 e. The number of pyridine rings is 2. The van der Waals surface area contributed by atoms with Gasteiger partial charge < -0.3 is 19.7 Å². The maximum Gasteiger partial charge on any atom is 0.328 e. The molecule has 2 aliphatic rings. The van der Waals surface area contributed by atoms with E-state index >= 15 is 0 Å². The number of anilines is 3. The lowest BCUT2D eigenvalue weighted by atomic mass is 10.0. The highest BCUT2D eigenvalue weighted by Gasteiger charge is 2.29. The number of methoxy groups -OCH3 is 1. The van der Waals surface area contributed by atoms with Crippen LogP contribution in [0.5, 0.6) is 0 Å². The second-order valence-electron chi connectivity index (χ2n) is 8.85. The molecule has 2 N–H and O–H groups in total. The summed E-state index contributed by atoms with van der Waals surface area (Å²) in [5, 5.41) is 15.2. The van der Waals surface area contributed by atoms with Gasteiger partial charge in [-0.3, -0.25) is 19.8 Å². The van der Waals surface area contributed by atoms with Crippen molar-refractivity contribution >= 4 is 35.5 Å². The number of nitrogens with zero attached hydrogens (tertiary/aromatic N) is 5. The van der Waals surface area contributed by atoms with Gasteiger partial charge in [0.15, 0.2) is 6.29 Å². The summed E-state index contributed by atoms with van der Waals surface area (Å²) in [4.78, 5) is 49.4. The highest BCUT2D eigenvalue weighted by atomic mass is 16.5. The number of ether oxygens (including phenoxy) is 2. The zero-order valence-corrected chi connectivity index (χ0v) is 20.8. The number of rotatable bonds is 8. The van der Waals surface area contributed by atoms with Gasteiger partial charge in [-0.25, -0.2) is 14.8 Å². The molecule has 0 aliphatic carbocycles. The molecule has 0 bridgehead atoms. The first kappa shape index (κ1) is 26.0. The maximum absolute atomic E-state index is 13.2. The van der Waals surface area contributed by atoms with E-state index in [4.69, 9.17) is 9.47 Å². The number of carbonyl (C=O) groups is 3. The standard InChI is InChI=1S/C25H29N7O5/c1-16-14-37-15-23(34)32(16)12-18-8-17-4-3-6-31(24(17)29-21(18)13-33)25(35)30-22-9-20(27-5-7-36-2)19(10-26)11-28-22/h8-9,11,13,16H,3-7,12,14-15H2,1-2H3,(H2,27,28,30,35). The number of hydrogen-bond donors (Lipinski definition) is 2. The molecule has 0 aromatic carbocycles.